The molecule has 4 aromatic heterocycles. The fraction of sp³-hybridized carbons (Fsp3) is 0.174. The van der Waals surface area contributed by atoms with E-state index in [1.54, 1.807) is 0 Å². The van der Waals surface area contributed by atoms with Crippen molar-refractivity contribution in [3.8, 4) is 34.0 Å². The molecule has 0 atom stereocenters. The zero-order valence-electron chi connectivity index (χ0n) is 29.4. The molecular weight excluding hydrogens is 611 g/mol. The zero-order valence-corrected chi connectivity index (χ0v) is 29.4. The van der Waals surface area contributed by atoms with Gasteiger partial charge in [-0.05, 0) is 88.0 Å². The van der Waals surface area contributed by atoms with Crippen LogP contribution in [0.4, 0.5) is 0 Å². The minimum atomic E-state index is -0.104. The summed E-state index contributed by atoms with van der Waals surface area (Å²) in [5, 5.41) is 6.19. The fourth-order valence-electron chi connectivity index (χ4n) is 7.45. The van der Waals surface area contributed by atoms with E-state index in [-0.39, 0.29) is 10.8 Å². The fourth-order valence-corrected chi connectivity index (χ4v) is 7.45. The summed E-state index contributed by atoms with van der Waals surface area (Å²) in [4.78, 5) is 10.0. The van der Waals surface area contributed by atoms with Crippen molar-refractivity contribution in [2.24, 2.45) is 0 Å². The molecule has 50 heavy (non-hydrogen) atoms. The highest BCUT2D eigenvalue weighted by Gasteiger charge is 2.21. The highest BCUT2D eigenvalue weighted by atomic mass is 16.5. The van der Waals surface area contributed by atoms with E-state index in [9.17, 15) is 0 Å². The first-order valence-corrected chi connectivity index (χ1v) is 17.4. The molecule has 0 saturated carbocycles. The molecule has 4 heteroatoms. The highest BCUT2D eigenvalue weighted by molar-refractivity contribution is 6.26. The lowest BCUT2D eigenvalue weighted by atomic mass is 9.85. The first kappa shape index (κ1) is 30.3. The third kappa shape index (κ3) is 4.89. The van der Waals surface area contributed by atoms with Crippen molar-refractivity contribution >= 4 is 49.0 Å². The van der Waals surface area contributed by atoms with Crippen molar-refractivity contribution in [2.45, 2.75) is 52.4 Å². The molecule has 0 aliphatic heterocycles. The number of para-hydroxylation sites is 2. The van der Waals surface area contributed by atoms with Gasteiger partial charge < -0.3 is 9.14 Å². The van der Waals surface area contributed by atoms with E-state index in [1.165, 1.54) is 49.1 Å². The number of aromatic nitrogens is 3. The van der Waals surface area contributed by atoms with Gasteiger partial charge in [0.1, 0.15) is 11.5 Å². The summed E-state index contributed by atoms with van der Waals surface area (Å²) in [7, 11) is 0. The van der Waals surface area contributed by atoms with E-state index >= 15 is 0 Å². The number of pyridine rings is 3. The Morgan fingerprint density at radius 1 is 0.520 bits per heavy atom. The van der Waals surface area contributed by atoms with Crippen LogP contribution in [-0.2, 0) is 10.8 Å². The van der Waals surface area contributed by atoms with Crippen LogP contribution in [0.5, 0.6) is 11.5 Å². The number of ether oxygens (including phenoxy) is 1. The van der Waals surface area contributed by atoms with E-state index < -0.39 is 0 Å². The van der Waals surface area contributed by atoms with Gasteiger partial charge in [-0.1, -0.05) is 102 Å². The van der Waals surface area contributed by atoms with Crippen molar-refractivity contribution < 1.29 is 4.74 Å². The van der Waals surface area contributed by atoms with Crippen molar-refractivity contribution in [3.63, 3.8) is 0 Å². The smallest absolute Gasteiger partial charge is 0.128 e. The Morgan fingerprint density at radius 3 is 2.04 bits per heavy atom. The van der Waals surface area contributed by atoms with Crippen LogP contribution in [-0.4, -0.2) is 14.4 Å². The second-order valence-electron chi connectivity index (χ2n) is 15.6. The lowest BCUT2D eigenvalue weighted by molar-refractivity contribution is 0.479. The van der Waals surface area contributed by atoms with Gasteiger partial charge in [-0.3, -0.25) is 4.98 Å². The molecule has 0 aliphatic rings. The first-order chi connectivity index (χ1) is 24.0. The molecule has 0 aliphatic carbocycles. The Balaban J connectivity index is 1.22. The normalized spacial score (nSPS) is 12.6. The van der Waals surface area contributed by atoms with E-state index in [2.05, 4.69) is 155 Å². The van der Waals surface area contributed by atoms with Gasteiger partial charge >= 0.3 is 0 Å². The Hall–Kier alpha value is -5.74. The average molecular weight is 650 g/mol. The predicted molar refractivity (Wildman–Crippen MR) is 209 cm³/mol. The topological polar surface area (TPSA) is 39.4 Å². The quantitative estimate of drug-likeness (QED) is 0.141. The number of rotatable bonds is 4. The lowest BCUT2D eigenvalue weighted by Crippen LogP contribution is -2.11. The minimum Gasteiger partial charge on any atom is -0.457 e. The minimum absolute atomic E-state index is 0.0380. The van der Waals surface area contributed by atoms with Crippen LogP contribution in [0.15, 0.2) is 128 Å². The molecule has 0 N–H and O–H groups in total. The summed E-state index contributed by atoms with van der Waals surface area (Å²) in [6, 6.07) is 43.2. The third-order valence-corrected chi connectivity index (χ3v) is 10.1. The molecule has 4 heterocycles. The van der Waals surface area contributed by atoms with Crippen LogP contribution < -0.4 is 4.74 Å². The van der Waals surface area contributed by atoms with Gasteiger partial charge in [0.05, 0.1) is 33.5 Å². The number of hydrogen-bond acceptors (Lipinski definition) is 3. The molecule has 0 radical (unpaired) electrons. The third-order valence-electron chi connectivity index (χ3n) is 10.1. The molecule has 0 unspecified atom stereocenters. The number of hydrogen-bond donors (Lipinski definition) is 0. The number of benzene rings is 5. The summed E-state index contributed by atoms with van der Waals surface area (Å²) >= 11 is 0. The SMILES string of the molecule is CC(C)(C)c1cc(Oc2cccc(-c3cc(C(C)(C)C)ccn3)c2)cc(-c2cc3c4c(cccc4c4cccc5c6ccccc6n3c45)n2)c1. The van der Waals surface area contributed by atoms with Crippen molar-refractivity contribution in [2.75, 3.05) is 0 Å². The Labute approximate surface area is 292 Å². The molecule has 0 fully saturated rings. The van der Waals surface area contributed by atoms with Gasteiger partial charge in [0.2, 0.25) is 0 Å². The van der Waals surface area contributed by atoms with Gasteiger partial charge in [-0.2, -0.15) is 0 Å². The van der Waals surface area contributed by atoms with Crippen LogP contribution >= 0.6 is 0 Å². The van der Waals surface area contributed by atoms with E-state index in [0.29, 0.717) is 0 Å². The van der Waals surface area contributed by atoms with E-state index in [1.807, 2.05) is 18.3 Å². The Bertz CT molecular complexity index is 2760. The van der Waals surface area contributed by atoms with Crippen molar-refractivity contribution in [1.82, 2.24) is 14.4 Å². The summed E-state index contributed by atoms with van der Waals surface area (Å²) < 4.78 is 9.13. The molecule has 9 rings (SSSR count). The molecule has 9 aromatic rings. The van der Waals surface area contributed by atoms with Gasteiger partial charge in [0.15, 0.2) is 0 Å². The maximum absolute atomic E-state index is 6.69. The molecular formula is C46H39N3O. The summed E-state index contributed by atoms with van der Waals surface area (Å²) in [5.74, 6) is 1.55. The number of nitrogens with zero attached hydrogens (tertiary/aromatic N) is 3. The van der Waals surface area contributed by atoms with E-state index in [4.69, 9.17) is 14.7 Å². The predicted octanol–water partition coefficient (Wildman–Crippen LogP) is 12.5. The molecule has 0 amide bonds. The van der Waals surface area contributed by atoms with Crippen molar-refractivity contribution in [1.29, 1.82) is 0 Å². The Kier molecular flexibility index (Phi) is 6.60. The average Bonchev–Trinajstić information content (AvgIpc) is 3.45. The second kappa shape index (κ2) is 10.9. The van der Waals surface area contributed by atoms with Crippen LogP contribution in [0.1, 0.15) is 52.7 Å². The molecule has 0 spiro atoms. The molecule has 0 saturated heterocycles. The molecule has 5 aromatic carbocycles. The maximum atomic E-state index is 6.69. The monoisotopic (exact) mass is 649 g/mol. The Morgan fingerprint density at radius 2 is 1.22 bits per heavy atom. The summed E-state index contributed by atoms with van der Waals surface area (Å²) in [6.07, 6.45) is 1.90. The summed E-state index contributed by atoms with van der Waals surface area (Å²) in [6.45, 7) is 13.4. The van der Waals surface area contributed by atoms with E-state index in [0.717, 1.165) is 45.0 Å². The molecule has 4 nitrogen and oxygen atoms in total. The standard InChI is InChI=1S/C46H39N3O/c1-45(2,3)30-20-21-47-39(26-30)28-12-9-13-32(23-28)50-33-24-29(22-31(25-33)46(4,5)6)40-27-42-43-35(15-11-18-38(43)48-40)37-17-10-16-36-34-14-7-8-19-41(34)49(42)44(36)37/h7-27H,1-6H3. The highest BCUT2D eigenvalue weighted by Crippen LogP contribution is 2.42. The van der Waals surface area contributed by atoms with Gasteiger partial charge in [-0.15, -0.1) is 0 Å². The van der Waals surface area contributed by atoms with Crippen LogP contribution in [0.2, 0.25) is 0 Å². The summed E-state index contributed by atoms with van der Waals surface area (Å²) in [5.41, 5.74) is 10.9. The van der Waals surface area contributed by atoms with Crippen LogP contribution in [0, 0.1) is 0 Å². The largest absolute Gasteiger partial charge is 0.457 e. The second-order valence-corrected chi connectivity index (χ2v) is 15.6. The zero-order chi connectivity index (χ0) is 34.4. The van der Waals surface area contributed by atoms with Crippen LogP contribution in [0.25, 0.3) is 71.5 Å². The van der Waals surface area contributed by atoms with Gasteiger partial charge in [0, 0.05) is 38.9 Å². The number of fused-ring (bicyclic) bond motifs is 5. The molecule has 0 bridgehead atoms. The van der Waals surface area contributed by atoms with Gasteiger partial charge in [0.25, 0.3) is 0 Å². The van der Waals surface area contributed by atoms with Crippen molar-refractivity contribution in [3.05, 3.63) is 139 Å². The lowest BCUT2D eigenvalue weighted by Gasteiger charge is -2.22. The van der Waals surface area contributed by atoms with Gasteiger partial charge in [-0.25, -0.2) is 4.98 Å². The van der Waals surface area contributed by atoms with Crippen LogP contribution in [0.3, 0.4) is 0 Å². The maximum Gasteiger partial charge on any atom is 0.128 e. The molecule has 244 valence electrons. The first-order valence-electron chi connectivity index (χ1n) is 17.4.